The fourth-order valence-corrected chi connectivity index (χ4v) is 3.09. The van der Waals surface area contributed by atoms with E-state index < -0.39 is 17.5 Å². The summed E-state index contributed by atoms with van der Waals surface area (Å²) in [6, 6.07) is 5.76. The van der Waals surface area contributed by atoms with Crippen LogP contribution in [-0.4, -0.2) is 17.6 Å². The van der Waals surface area contributed by atoms with Crippen LogP contribution in [0, 0.1) is 19.7 Å². The molecule has 0 aliphatic carbocycles. The smallest absolute Gasteiger partial charge is 0.412 e. The zero-order valence-corrected chi connectivity index (χ0v) is 15.6. The van der Waals surface area contributed by atoms with Gasteiger partial charge in [-0.1, -0.05) is 0 Å². The normalized spacial score (nSPS) is 11.1. The number of carbonyl (C=O) groups is 2. The topological polar surface area (TPSA) is 67.4 Å². The number of nitrogens with one attached hydrogen (secondary N) is 2. The highest BCUT2D eigenvalue weighted by Gasteiger charge is 2.18. The SMILES string of the molecule is Cc1cc(C(=O)Nc2ccc(F)c(NC(=O)OC(C)(C)C)c2)c(C)s1. The van der Waals surface area contributed by atoms with Crippen molar-refractivity contribution in [3.63, 3.8) is 0 Å². The zero-order chi connectivity index (χ0) is 18.8. The van der Waals surface area contributed by atoms with Gasteiger partial charge in [0.05, 0.1) is 11.3 Å². The molecular weight excluding hydrogens is 343 g/mol. The summed E-state index contributed by atoms with van der Waals surface area (Å²) in [6.07, 6.45) is -0.765. The molecule has 0 aliphatic rings. The van der Waals surface area contributed by atoms with Gasteiger partial charge >= 0.3 is 6.09 Å². The number of halogens is 1. The Morgan fingerprint density at radius 3 is 2.36 bits per heavy atom. The van der Waals surface area contributed by atoms with Gasteiger partial charge in [-0.25, -0.2) is 9.18 Å². The largest absolute Gasteiger partial charge is 0.444 e. The molecule has 7 heteroatoms. The molecule has 5 nitrogen and oxygen atoms in total. The van der Waals surface area contributed by atoms with E-state index in [9.17, 15) is 14.0 Å². The van der Waals surface area contributed by atoms with E-state index in [0.29, 0.717) is 11.3 Å². The summed E-state index contributed by atoms with van der Waals surface area (Å²) in [5.74, 6) is -0.900. The van der Waals surface area contributed by atoms with Crippen molar-refractivity contribution in [1.29, 1.82) is 0 Å². The highest BCUT2D eigenvalue weighted by Crippen LogP contribution is 2.24. The third-order valence-electron chi connectivity index (χ3n) is 3.15. The van der Waals surface area contributed by atoms with Crippen molar-refractivity contribution in [3.8, 4) is 0 Å². The number of benzene rings is 1. The Bertz CT molecular complexity index is 809. The second kappa shape index (κ2) is 7.23. The Morgan fingerprint density at radius 1 is 1.12 bits per heavy atom. The minimum Gasteiger partial charge on any atom is -0.444 e. The summed E-state index contributed by atoms with van der Waals surface area (Å²) in [4.78, 5) is 26.1. The highest BCUT2D eigenvalue weighted by atomic mass is 32.1. The molecule has 134 valence electrons. The van der Waals surface area contributed by atoms with Crippen LogP contribution >= 0.6 is 11.3 Å². The Hall–Kier alpha value is -2.41. The van der Waals surface area contributed by atoms with Crippen molar-refractivity contribution in [2.24, 2.45) is 0 Å². The Labute approximate surface area is 150 Å². The van der Waals surface area contributed by atoms with Gasteiger partial charge < -0.3 is 10.1 Å². The number of hydrogen-bond donors (Lipinski definition) is 2. The van der Waals surface area contributed by atoms with E-state index in [2.05, 4.69) is 10.6 Å². The summed E-state index contributed by atoms with van der Waals surface area (Å²) in [5, 5.41) is 5.06. The Morgan fingerprint density at radius 2 is 1.80 bits per heavy atom. The van der Waals surface area contributed by atoms with Crippen LogP contribution in [0.1, 0.15) is 40.9 Å². The molecular formula is C18H21FN2O3S. The molecule has 0 saturated heterocycles. The lowest BCUT2D eigenvalue weighted by molar-refractivity contribution is 0.0635. The lowest BCUT2D eigenvalue weighted by Crippen LogP contribution is -2.27. The molecule has 2 N–H and O–H groups in total. The van der Waals surface area contributed by atoms with Gasteiger partial charge in [-0.2, -0.15) is 0 Å². The molecule has 0 spiro atoms. The van der Waals surface area contributed by atoms with E-state index in [-0.39, 0.29) is 11.6 Å². The van der Waals surface area contributed by atoms with Crippen molar-refractivity contribution in [1.82, 2.24) is 0 Å². The Balaban J connectivity index is 2.14. The van der Waals surface area contributed by atoms with Crippen LogP contribution in [0.5, 0.6) is 0 Å². The maximum atomic E-state index is 13.9. The standard InChI is InChI=1S/C18H21FN2O3S/c1-10-8-13(11(2)25-10)16(22)20-12-6-7-14(19)15(9-12)21-17(23)24-18(3,4)5/h6-9H,1-5H3,(H,20,22)(H,21,23). The zero-order valence-electron chi connectivity index (χ0n) is 14.8. The van der Waals surface area contributed by atoms with Gasteiger partial charge in [0.25, 0.3) is 5.91 Å². The van der Waals surface area contributed by atoms with Gasteiger partial charge in [0.2, 0.25) is 0 Å². The molecule has 2 rings (SSSR count). The molecule has 2 amide bonds. The van der Waals surface area contributed by atoms with Crippen molar-refractivity contribution in [3.05, 3.63) is 45.4 Å². The van der Waals surface area contributed by atoms with Crippen molar-refractivity contribution in [2.75, 3.05) is 10.6 Å². The van der Waals surface area contributed by atoms with Gasteiger partial charge in [-0.15, -0.1) is 11.3 Å². The number of anilines is 2. The molecule has 0 aliphatic heterocycles. The predicted molar refractivity (Wildman–Crippen MR) is 98.0 cm³/mol. The fourth-order valence-electron chi connectivity index (χ4n) is 2.17. The number of amides is 2. The summed E-state index contributed by atoms with van der Waals surface area (Å²) < 4.78 is 19.0. The van der Waals surface area contributed by atoms with E-state index >= 15 is 0 Å². The van der Waals surface area contributed by atoms with Gasteiger partial charge in [0.15, 0.2) is 0 Å². The molecule has 0 atom stereocenters. The van der Waals surface area contributed by atoms with Crippen LogP contribution in [0.25, 0.3) is 0 Å². The first-order valence-corrected chi connectivity index (χ1v) is 8.55. The molecule has 2 aromatic rings. The van der Waals surface area contributed by atoms with Crippen LogP contribution in [0.4, 0.5) is 20.6 Å². The minimum atomic E-state index is -0.765. The van der Waals surface area contributed by atoms with Crippen LogP contribution in [0.2, 0.25) is 0 Å². The second-order valence-corrected chi connectivity index (χ2v) is 8.06. The van der Waals surface area contributed by atoms with Crippen molar-refractivity contribution >= 4 is 34.7 Å². The third-order valence-corrected chi connectivity index (χ3v) is 4.11. The summed E-state index contributed by atoms with van der Waals surface area (Å²) >= 11 is 1.53. The third kappa shape index (κ3) is 5.29. The van der Waals surface area contributed by atoms with E-state index in [1.54, 1.807) is 26.8 Å². The number of ether oxygens (including phenoxy) is 1. The molecule has 0 saturated carbocycles. The van der Waals surface area contributed by atoms with Gasteiger partial charge in [0.1, 0.15) is 11.4 Å². The van der Waals surface area contributed by atoms with Crippen LogP contribution in [0.3, 0.4) is 0 Å². The van der Waals surface area contributed by atoms with Gasteiger partial charge in [0, 0.05) is 15.4 Å². The lowest BCUT2D eigenvalue weighted by atomic mass is 10.2. The van der Waals surface area contributed by atoms with Crippen LogP contribution in [-0.2, 0) is 4.74 Å². The highest BCUT2D eigenvalue weighted by molar-refractivity contribution is 7.12. The van der Waals surface area contributed by atoms with Crippen molar-refractivity contribution < 1.29 is 18.7 Å². The summed E-state index contributed by atoms with van der Waals surface area (Å²) in [5.41, 5.74) is 0.195. The quantitative estimate of drug-likeness (QED) is 0.796. The lowest BCUT2D eigenvalue weighted by Gasteiger charge is -2.20. The number of rotatable bonds is 3. The summed E-state index contributed by atoms with van der Waals surface area (Å²) in [7, 11) is 0. The first-order chi connectivity index (χ1) is 11.5. The number of thiophene rings is 1. The average molecular weight is 364 g/mol. The van der Waals surface area contributed by atoms with E-state index in [0.717, 1.165) is 9.75 Å². The molecule has 0 bridgehead atoms. The minimum absolute atomic E-state index is 0.0646. The number of hydrogen-bond acceptors (Lipinski definition) is 4. The maximum absolute atomic E-state index is 13.9. The average Bonchev–Trinajstić information content (AvgIpc) is 2.79. The maximum Gasteiger partial charge on any atom is 0.412 e. The first kappa shape index (κ1) is 18.9. The van der Waals surface area contributed by atoms with Crippen LogP contribution < -0.4 is 10.6 Å². The first-order valence-electron chi connectivity index (χ1n) is 7.73. The monoisotopic (exact) mass is 364 g/mol. The molecule has 1 aromatic heterocycles. The molecule has 1 heterocycles. The van der Waals surface area contributed by atoms with E-state index in [1.807, 2.05) is 13.8 Å². The molecule has 25 heavy (non-hydrogen) atoms. The number of aryl methyl sites for hydroxylation is 2. The van der Waals surface area contributed by atoms with Gasteiger partial charge in [-0.05, 0) is 58.9 Å². The van der Waals surface area contributed by atoms with Gasteiger partial charge in [-0.3, -0.25) is 10.1 Å². The summed E-state index contributed by atoms with van der Waals surface area (Å²) in [6.45, 7) is 8.93. The van der Waals surface area contributed by atoms with E-state index in [4.69, 9.17) is 4.74 Å². The molecule has 1 aromatic carbocycles. The molecule has 0 unspecified atom stereocenters. The van der Waals surface area contributed by atoms with Crippen LogP contribution in [0.15, 0.2) is 24.3 Å². The predicted octanol–water partition coefficient (Wildman–Crippen LogP) is 5.10. The molecule has 0 radical (unpaired) electrons. The Kier molecular flexibility index (Phi) is 5.47. The fraction of sp³-hybridized carbons (Fsp3) is 0.333. The van der Waals surface area contributed by atoms with E-state index in [1.165, 1.54) is 29.5 Å². The second-order valence-electron chi connectivity index (χ2n) is 6.60. The molecule has 0 fully saturated rings. The van der Waals surface area contributed by atoms with Crippen molar-refractivity contribution in [2.45, 2.75) is 40.2 Å². The number of carbonyl (C=O) groups excluding carboxylic acids is 2.